The molecule has 1 fully saturated rings. The summed E-state index contributed by atoms with van der Waals surface area (Å²) in [5.74, 6) is 0.838. The van der Waals surface area contributed by atoms with E-state index in [1.807, 2.05) is 31.2 Å². The summed E-state index contributed by atoms with van der Waals surface area (Å²) in [5.41, 5.74) is 0.399. The number of piperidine rings is 1. The van der Waals surface area contributed by atoms with Crippen LogP contribution in [0.2, 0.25) is 0 Å². The molecule has 1 aliphatic heterocycles. The highest BCUT2D eigenvalue weighted by Gasteiger charge is 2.39. The lowest BCUT2D eigenvalue weighted by Gasteiger charge is -2.35. The maximum Gasteiger partial charge on any atom is 0.252 e. The molecule has 5 heteroatoms. The number of benzene rings is 1. The van der Waals surface area contributed by atoms with Gasteiger partial charge in [0.1, 0.15) is 17.5 Å². The molecule has 1 amide bonds. The molecule has 0 radical (unpaired) electrons. The fourth-order valence-electron chi connectivity index (χ4n) is 2.86. The van der Waals surface area contributed by atoms with Crippen molar-refractivity contribution in [3.05, 3.63) is 29.8 Å². The lowest BCUT2D eigenvalue weighted by molar-refractivity contribution is -0.147. The van der Waals surface area contributed by atoms with E-state index in [1.54, 1.807) is 7.11 Å². The van der Waals surface area contributed by atoms with Crippen LogP contribution in [0.15, 0.2) is 24.3 Å². The highest BCUT2D eigenvalue weighted by atomic mass is 16.5. The number of rotatable bonds is 7. The summed E-state index contributed by atoms with van der Waals surface area (Å²) in [6, 6.07) is 7.94. The topological polar surface area (TPSA) is 59.6 Å². The molecule has 0 aromatic heterocycles. The van der Waals surface area contributed by atoms with Gasteiger partial charge in [-0.15, -0.1) is 0 Å². The van der Waals surface area contributed by atoms with Crippen molar-refractivity contribution in [1.29, 1.82) is 0 Å². The molecular weight excluding hydrogens is 292 g/mol. The van der Waals surface area contributed by atoms with Gasteiger partial charge in [-0.2, -0.15) is 0 Å². The number of ether oxygens (including phenoxy) is 2. The van der Waals surface area contributed by atoms with E-state index in [1.165, 1.54) is 0 Å². The van der Waals surface area contributed by atoms with Crippen LogP contribution in [0.3, 0.4) is 0 Å². The molecule has 23 heavy (non-hydrogen) atoms. The summed E-state index contributed by atoms with van der Waals surface area (Å²) in [5, 5.41) is 6.28. The summed E-state index contributed by atoms with van der Waals surface area (Å²) in [6.07, 6.45) is 2.18. The summed E-state index contributed by atoms with van der Waals surface area (Å²) >= 11 is 0. The van der Waals surface area contributed by atoms with Crippen LogP contribution in [-0.2, 0) is 9.53 Å². The van der Waals surface area contributed by atoms with Crippen molar-refractivity contribution < 1.29 is 14.3 Å². The molecule has 0 aliphatic carbocycles. The first kappa shape index (κ1) is 17.8. The Morgan fingerprint density at radius 2 is 2.04 bits per heavy atom. The zero-order valence-electron chi connectivity index (χ0n) is 14.4. The maximum atomic E-state index is 12.6. The van der Waals surface area contributed by atoms with Gasteiger partial charge in [0.25, 0.3) is 5.91 Å². The number of hydrogen-bond acceptors (Lipinski definition) is 4. The van der Waals surface area contributed by atoms with E-state index in [-0.39, 0.29) is 12.0 Å². The molecular formula is C18H28N2O3. The van der Waals surface area contributed by atoms with Crippen LogP contribution >= 0.6 is 0 Å². The Bertz CT molecular complexity index is 513. The van der Waals surface area contributed by atoms with Crippen LogP contribution in [0.4, 0.5) is 0 Å². The Balaban J connectivity index is 1.92. The average molecular weight is 320 g/mol. The van der Waals surface area contributed by atoms with Gasteiger partial charge in [-0.25, -0.2) is 0 Å². The number of carbonyl (C=O) groups is 1. The second-order valence-corrected chi connectivity index (χ2v) is 6.07. The molecule has 1 aromatic carbocycles. The number of para-hydroxylation sites is 1. The summed E-state index contributed by atoms with van der Waals surface area (Å²) < 4.78 is 11.6. The number of nitrogens with one attached hydrogen (secondary N) is 2. The molecule has 1 saturated heterocycles. The fourth-order valence-corrected chi connectivity index (χ4v) is 2.86. The van der Waals surface area contributed by atoms with Gasteiger partial charge in [-0.1, -0.05) is 25.1 Å². The zero-order chi connectivity index (χ0) is 16.7. The molecule has 2 N–H and O–H groups in total. The molecule has 2 rings (SSSR count). The number of methoxy groups -OCH3 is 1. The summed E-state index contributed by atoms with van der Waals surface area (Å²) in [6.45, 7) is 6.18. The third kappa shape index (κ3) is 4.45. The normalized spacial score (nSPS) is 18.2. The van der Waals surface area contributed by atoms with Crippen LogP contribution in [0.25, 0.3) is 0 Å². The van der Waals surface area contributed by atoms with Crippen molar-refractivity contribution in [2.45, 2.75) is 44.8 Å². The molecule has 0 saturated carbocycles. The van der Waals surface area contributed by atoms with Crippen molar-refractivity contribution in [1.82, 2.24) is 10.6 Å². The Kier molecular flexibility index (Phi) is 6.42. The third-order valence-corrected chi connectivity index (χ3v) is 4.55. The van der Waals surface area contributed by atoms with E-state index in [2.05, 4.69) is 17.6 Å². The number of aryl methyl sites for hydroxylation is 1. The first-order valence-corrected chi connectivity index (χ1v) is 8.38. The highest BCUT2D eigenvalue weighted by Crippen LogP contribution is 2.23. The zero-order valence-corrected chi connectivity index (χ0v) is 14.4. The molecule has 1 unspecified atom stereocenters. The molecule has 5 nitrogen and oxygen atoms in total. The predicted octanol–water partition coefficient (Wildman–Crippen LogP) is 2.04. The molecule has 1 atom stereocenters. The van der Waals surface area contributed by atoms with Gasteiger partial charge in [-0.05, 0) is 50.9 Å². The van der Waals surface area contributed by atoms with Crippen LogP contribution in [0.1, 0.15) is 31.7 Å². The van der Waals surface area contributed by atoms with E-state index >= 15 is 0 Å². The van der Waals surface area contributed by atoms with Gasteiger partial charge in [0.15, 0.2) is 0 Å². The molecule has 1 heterocycles. The Hall–Kier alpha value is -1.59. The number of carbonyl (C=O) groups excluding carboxylic acids is 1. The Morgan fingerprint density at radius 1 is 1.35 bits per heavy atom. The van der Waals surface area contributed by atoms with E-state index < -0.39 is 5.60 Å². The highest BCUT2D eigenvalue weighted by molar-refractivity contribution is 5.85. The van der Waals surface area contributed by atoms with Crippen molar-refractivity contribution in [3.8, 4) is 5.75 Å². The molecule has 1 aromatic rings. The molecule has 0 bridgehead atoms. The SMILES string of the molecule is CCC(CNC(=O)C1(OC)CCNCC1)Oc1ccccc1C. The van der Waals surface area contributed by atoms with Gasteiger partial charge in [0.2, 0.25) is 0 Å². The van der Waals surface area contributed by atoms with Crippen LogP contribution < -0.4 is 15.4 Å². The quantitative estimate of drug-likeness (QED) is 0.807. The Labute approximate surface area is 138 Å². The smallest absolute Gasteiger partial charge is 0.252 e. The van der Waals surface area contributed by atoms with Gasteiger partial charge in [0, 0.05) is 7.11 Å². The maximum absolute atomic E-state index is 12.6. The first-order valence-electron chi connectivity index (χ1n) is 8.38. The monoisotopic (exact) mass is 320 g/mol. The Morgan fingerprint density at radius 3 is 2.65 bits per heavy atom. The minimum absolute atomic E-state index is 0.0340. The fraction of sp³-hybridized carbons (Fsp3) is 0.611. The minimum Gasteiger partial charge on any atom is -0.488 e. The molecule has 128 valence electrons. The average Bonchev–Trinajstić information content (AvgIpc) is 2.60. The second-order valence-electron chi connectivity index (χ2n) is 6.07. The molecule has 0 spiro atoms. The van der Waals surface area contributed by atoms with Gasteiger partial charge in [-0.3, -0.25) is 4.79 Å². The minimum atomic E-state index is -0.702. The first-order chi connectivity index (χ1) is 11.1. The van der Waals surface area contributed by atoms with Crippen molar-refractivity contribution >= 4 is 5.91 Å². The lowest BCUT2D eigenvalue weighted by atomic mass is 9.91. The lowest BCUT2D eigenvalue weighted by Crippen LogP contribution is -2.55. The van der Waals surface area contributed by atoms with Crippen molar-refractivity contribution in [2.24, 2.45) is 0 Å². The third-order valence-electron chi connectivity index (χ3n) is 4.55. The summed E-state index contributed by atoms with van der Waals surface area (Å²) in [4.78, 5) is 12.6. The summed E-state index contributed by atoms with van der Waals surface area (Å²) in [7, 11) is 1.62. The van der Waals surface area contributed by atoms with Crippen LogP contribution in [-0.4, -0.2) is 44.4 Å². The molecule has 1 aliphatic rings. The second kappa shape index (κ2) is 8.31. The van der Waals surface area contributed by atoms with E-state index in [4.69, 9.17) is 9.47 Å². The largest absolute Gasteiger partial charge is 0.488 e. The van der Waals surface area contributed by atoms with Gasteiger partial charge >= 0.3 is 0 Å². The van der Waals surface area contributed by atoms with Gasteiger partial charge < -0.3 is 20.1 Å². The van der Waals surface area contributed by atoms with E-state index in [9.17, 15) is 4.79 Å². The number of hydrogen-bond donors (Lipinski definition) is 2. The van der Waals surface area contributed by atoms with Gasteiger partial charge in [0.05, 0.1) is 6.54 Å². The van der Waals surface area contributed by atoms with Crippen LogP contribution in [0, 0.1) is 6.92 Å². The standard InChI is InChI=1S/C18H28N2O3/c1-4-15(23-16-8-6-5-7-14(16)2)13-20-17(21)18(22-3)9-11-19-12-10-18/h5-8,15,19H,4,9-13H2,1-3H3,(H,20,21). The van der Waals surface area contributed by atoms with Crippen LogP contribution in [0.5, 0.6) is 5.75 Å². The van der Waals surface area contributed by atoms with Crippen molar-refractivity contribution in [3.63, 3.8) is 0 Å². The van der Waals surface area contributed by atoms with E-state index in [0.29, 0.717) is 19.4 Å². The number of amides is 1. The predicted molar refractivity (Wildman–Crippen MR) is 90.7 cm³/mol. The van der Waals surface area contributed by atoms with Crippen molar-refractivity contribution in [2.75, 3.05) is 26.7 Å². The van der Waals surface area contributed by atoms with E-state index in [0.717, 1.165) is 30.8 Å².